The van der Waals surface area contributed by atoms with E-state index in [0.717, 1.165) is 29.7 Å². The van der Waals surface area contributed by atoms with Gasteiger partial charge in [-0.3, -0.25) is 4.90 Å². The molecule has 0 amide bonds. The van der Waals surface area contributed by atoms with Gasteiger partial charge < -0.3 is 14.6 Å². The minimum Gasteiger partial charge on any atom is -0.436 e. The Morgan fingerprint density at radius 2 is 1.94 bits per heavy atom. The van der Waals surface area contributed by atoms with Gasteiger partial charge in [0.15, 0.2) is 11.6 Å². The van der Waals surface area contributed by atoms with Gasteiger partial charge in [-0.2, -0.15) is 5.10 Å². The Balaban J connectivity index is 1.65. The van der Waals surface area contributed by atoms with Crippen molar-refractivity contribution in [3.05, 3.63) is 78.6 Å². The molecule has 174 valence electrons. The Bertz CT molecular complexity index is 1070. The second-order valence-electron chi connectivity index (χ2n) is 8.30. The minimum absolute atomic E-state index is 0.150. The lowest BCUT2D eigenvalue weighted by molar-refractivity contribution is 0.0227. The zero-order valence-corrected chi connectivity index (χ0v) is 18.9. The van der Waals surface area contributed by atoms with Gasteiger partial charge in [0.05, 0.1) is 24.9 Å². The summed E-state index contributed by atoms with van der Waals surface area (Å²) in [5.41, 5.74) is 2.60. The van der Waals surface area contributed by atoms with Crippen LogP contribution in [-0.4, -0.2) is 51.7 Å². The molecule has 7 heteroatoms. The highest BCUT2D eigenvalue weighted by molar-refractivity contribution is 5.65. The van der Waals surface area contributed by atoms with Gasteiger partial charge in [0.2, 0.25) is 5.88 Å². The zero-order chi connectivity index (χ0) is 23.2. The highest BCUT2D eigenvalue weighted by Crippen LogP contribution is 2.37. The van der Waals surface area contributed by atoms with Crippen LogP contribution in [0.3, 0.4) is 0 Å². The molecule has 1 aliphatic rings. The first kappa shape index (κ1) is 23.2. The summed E-state index contributed by atoms with van der Waals surface area (Å²) >= 11 is 0. The highest BCUT2D eigenvalue weighted by atomic mass is 19.1. The molecular weight excluding hydrogens is 421 g/mol. The van der Waals surface area contributed by atoms with Gasteiger partial charge in [-0.05, 0) is 25.0 Å². The number of benzene rings is 2. The summed E-state index contributed by atoms with van der Waals surface area (Å²) in [5.74, 6) is 0.207. The highest BCUT2D eigenvalue weighted by Gasteiger charge is 2.33. The van der Waals surface area contributed by atoms with E-state index in [4.69, 9.17) is 14.6 Å². The number of rotatable bonds is 12. The van der Waals surface area contributed by atoms with Gasteiger partial charge >= 0.3 is 0 Å². The molecule has 0 aliphatic heterocycles. The lowest BCUT2D eigenvalue weighted by Crippen LogP contribution is -2.36. The molecule has 0 radical (unpaired) electrons. The first-order valence-corrected chi connectivity index (χ1v) is 11.2. The van der Waals surface area contributed by atoms with Crippen LogP contribution in [0.15, 0.2) is 67.3 Å². The van der Waals surface area contributed by atoms with Crippen LogP contribution < -0.4 is 4.74 Å². The van der Waals surface area contributed by atoms with Gasteiger partial charge in [0, 0.05) is 31.7 Å². The van der Waals surface area contributed by atoms with E-state index in [2.05, 4.69) is 11.5 Å². The van der Waals surface area contributed by atoms with Crippen molar-refractivity contribution in [1.82, 2.24) is 14.7 Å². The molecule has 1 saturated carbocycles. The number of para-hydroxylation sites is 1. The molecule has 2 aromatic carbocycles. The molecule has 33 heavy (non-hydrogen) atoms. The predicted molar refractivity (Wildman–Crippen MR) is 126 cm³/mol. The number of hydrogen-bond acceptors (Lipinski definition) is 5. The van der Waals surface area contributed by atoms with E-state index in [1.54, 1.807) is 36.0 Å². The Labute approximate surface area is 193 Å². The average Bonchev–Trinajstić information content (AvgIpc) is 3.62. The molecule has 1 N–H and O–H groups in total. The Hall–Kier alpha value is -3.00. The lowest BCUT2D eigenvalue weighted by atomic mass is 10.1. The summed E-state index contributed by atoms with van der Waals surface area (Å²) in [6, 6.07) is 16.6. The second-order valence-corrected chi connectivity index (χ2v) is 8.30. The van der Waals surface area contributed by atoms with E-state index in [0.29, 0.717) is 31.6 Å². The van der Waals surface area contributed by atoms with Crippen molar-refractivity contribution in [3.63, 3.8) is 0 Å². The van der Waals surface area contributed by atoms with Crippen LogP contribution >= 0.6 is 0 Å². The number of ether oxygens (including phenoxy) is 2. The van der Waals surface area contributed by atoms with Gasteiger partial charge in [-0.15, -0.1) is 6.58 Å². The molecule has 0 saturated heterocycles. The third-order valence-corrected chi connectivity index (χ3v) is 5.59. The van der Waals surface area contributed by atoms with E-state index < -0.39 is 11.9 Å². The van der Waals surface area contributed by atoms with Crippen LogP contribution in [-0.2, 0) is 18.3 Å². The minimum atomic E-state index is -0.627. The number of hydrogen-bond donors (Lipinski definition) is 1. The van der Waals surface area contributed by atoms with Crippen molar-refractivity contribution >= 4 is 0 Å². The first-order valence-electron chi connectivity index (χ1n) is 11.2. The van der Waals surface area contributed by atoms with Crippen molar-refractivity contribution in [1.29, 1.82) is 0 Å². The summed E-state index contributed by atoms with van der Waals surface area (Å²) in [6.45, 7) is 5.27. The molecule has 4 rings (SSSR count). The zero-order valence-electron chi connectivity index (χ0n) is 18.9. The average molecular weight is 452 g/mol. The molecule has 0 spiro atoms. The number of aromatic nitrogens is 2. The number of aryl methyl sites for hydroxylation is 1. The van der Waals surface area contributed by atoms with Gasteiger partial charge in [0.1, 0.15) is 5.69 Å². The maximum absolute atomic E-state index is 14.4. The third kappa shape index (κ3) is 5.87. The van der Waals surface area contributed by atoms with E-state index in [1.165, 1.54) is 6.07 Å². The lowest BCUT2D eigenvalue weighted by Gasteiger charge is -2.25. The fraction of sp³-hybridized carbons (Fsp3) is 0.346. The van der Waals surface area contributed by atoms with Crippen molar-refractivity contribution in [2.24, 2.45) is 7.05 Å². The summed E-state index contributed by atoms with van der Waals surface area (Å²) in [6.07, 6.45) is 3.19. The van der Waals surface area contributed by atoms with Crippen LogP contribution in [0.2, 0.25) is 0 Å². The monoisotopic (exact) mass is 451 g/mol. The summed E-state index contributed by atoms with van der Waals surface area (Å²) in [4.78, 5) is 2.24. The Kier molecular flexibility index (Phi) is 7.54. The molecule has 6 nitrogen and oxygen atoms in total. The van der Waals surface area contributed by atoms with Crippen LogP contribution in [0.4, 0.5) is 4.39 Å². The van der Waals surface area contributed by atoms with E-state index in [1.807, 2.05) is 30.3 Å². The molecule has 0 unspecified atom stereocenters. The molecule has 0 bridgehead atoms. The quantitative estimate of drug-likeness (QED) is 0.324. The summed E-state index contributed by atoms with van der Waals surface area (Å²) in [7, 11) is 1.80. The molecule has 1 fully saturated rings. The van der Waals surface area contributed by atoms with Crippen molar-refractivity contribution in [2.75, 3.05) is 19.8 Å². The van der Waals surface area contributed by atoms with Gasteiger partial charge in [0.25, 0.3) is 0 Å². The Morgan fingerprint density at radius 3 is 2.64 bits per heavy atom. The maximum atomic E-state index is 14.4. The largest absolute Gasteiger partial charge is 0.436 e. The number of aliphatic hydroxyl groups excluding tert-OH is 1. The van der Waals surface area contributed by atoms with Crippen LogP contribution in [0.1, 0.15) is 18.4 Å². The number of aliphatic hydroxyl groups is 1. The maximum Gasteiger partial charge on any atom is 0.222 e. The van der Waals surface area contributed by atoms with E-state index in [9.17, 15) is 9.50 Å². The van der Waals surface area contributed by atoms with E-state index >= 15 is 0 Å². The fourth-order valence-electron chi connectivity index (χ4n) is 3.88. The van der Waals surface area contributed by atoms with Gasteiger partial charge in [-0.25, -0.2) is 9.07 Å². The van der Waals surface area contributed by atoms with Crippen LogP contribution in [0, 0.1) is 5.82 Å². The third-order valence-electron chi connectivity index (χ3n) is 5.59. The molecule has 1 aromatic heterocycles. The fourth-order valence-corrected chi connectivity index (χ4v) is 3.88. The normalized spacial score (nSPS) is 14.4. The predicted octanol–water partition coefficient (Wildman–Crippen LogP) is 4.55. The number of nitrogens with zero attached hydrogens (tertiary/aromatic N) is 3. The van der Waals surface area contributed by atoms with E-state index in [-0.39, 0.29) is 12.4 Å². The van der Waals surface area contributed by atoms with Crippen molar-refractivity contribution in [3.8, 4) is 22.9 Å². The van der Waals surface area contributed by atoms with Crippen molar-refractivity contribution < 1.29 is 19.0 Å². The summed E-state index contributed by atoms with van der Waals surface area (Å²) in [5, 5.41) is 15.3. The molecule has 1 heterocycles. The molecule has 1 aliphatic carbocycles. The molecule has 1 atom stereocenters. The first-order chi connectivity index (χ1) is 16.1. The Morgan fingerprint density at radius 1 is 1.21 bits per heavy atom. The number of halogens is 1. The van der Waals surface area contributed by atoms with Crippen LogP contribution in [0.5, 0.6) is 11.6 Å². The second kappa shape index (κ2) is 10.7. The smallest absolute Gasteiger partial charge is 0.222 e. The molecular formula is C26H30FN3O3. The van der Waals surface area contributed by atoms with Crippen molar-refractivity contribution in [2.45, 2.75) is 31.5 Å². The standard InChI is InChI=1S/C26H30FN3O3/c1-3-15-32-18-21(31)16-30(20-13-14-20)17-22-25(19-9-5-4-6-10-19)28-29(2)26(22)33-24-12-8-7-11-23(24)27/h3-12,20-21,31H,1,13-18H2,2H3/t21-/m1/s1. The topological polar surface area (TPSA) is 59.8 Å². The van der Waals surface area contributed by atoms with Crippen LogP contribution in [0.25, 0.3) is 11.3 Å². The SMILES string of the molecule is C=CCOC[C@H](O)CN(Cc1c(-c2ccccc2)nn(C)c1Oc1ccccc1F)C1CC1. The van der Waals surface area contributed by atoms with Gasteiger partial charge in [-0.1, -0.05) is 48.5 Å². The molecule has 3 aromatic rings. The summed E-state index contributed by atoms with van der Waals surface area (Å²) < 4.78 is 27.5.